The lowest BCUT2D eigenvalue weighted by molar-refractivity contribution is 0.0398. The Hall–Kier alpha value is -0.840. The lowest BCUT2D eigenvalue weighted by atomic mass is 10.1. The molecule has 0 saturated carbocycles. The average Bonchev–Trinajstić information content (AvgIpc) is 2.21. The quantitative estimate of drug-likeness (QED) is 0.846. The highest BCUT2D eigenvalue weighted by molar-refractivity contribution is 5.68. The summed E-state index contributed by atoms with van der Waals surface area (Å²) in [5.41, 5.74) is -0.457. The standard InChI is InChI=1S/C11H21FN2O2.C2H6/c1-11(2,3)16-10(15)13-9-7-14(8-9)6-4-5-12;1-2/h9H,4-8H2,1-3H3,(H,13,15);1-2H3. The number of nitrogens with one attached hydrogen (secondary N) is 1. The lowest BCUT2D eigenvalue weighted by Crippen LogP contribution is -2.59. The summed E-state index contributed by atoms with van der Waals surface area (Å²) in [7, 11) is 0. The molecule has 18 heavy (non-hydrogen) atoms. The Morgan fingerprint density at radius 1 is 1.39 bits per heavy atom. The predicted molar refractivity (Wildman–Crippen MR) is 71.5 cm³/mol. The molecule has 5 heteroatoms. The summed E-state index contributed by atoms with van der Waals surface area (Å²) in [6, 6.07) is 0.148. The fraction of sp³-hybridized carbons (Fsp3) is 0.923. The van der Waals surface area contributed by atoms with E-state index in [0.717, 1.165) is 19.6 Å². The summed E-state index contributed by atoms with van der Waals surface area (Å²) in [6.45, 7) is 11.6. The normalized spacial score (nSPS) is 16.3. The molecule has 1 saturated heterocycles. The summed E-state index contributed by atoms with van der Waals surface area (Å²) < 4.78 is 17.0. The van der Waals surface area contributed by atoms with Crippen LogP contribution in [0.3, 0.4) is 0 Å². The number of hydrogen-bond donors (Lipinski definition) is 1. The van der Waals surface area contributed by atoms with E-state index in [1.165, 1.54) is 0 Å². The van der Waals surface area contributed by atoms with E-state index in [-0.39, 0.29) is 18.8 Å². The minimum atomic E-state index is -0.457. The molecule has 1 aliphatic heterocycles. The van der Waals surface area contributed by atoms with Crippen molar-refractivity contribution in [2.45, 2.75) is 52.7 Å². The Bertz CT molecular complexity index is 236. The third-order valence-electron chi connectivity index (χ3n) is 2.29. The number of alkyl halides is 1. The number of halogens is 1. The molecule has 108 valence electrons. The molecule has 0 bridgehead atoms. The lowest BCUT2D eigenvalue weighted by Gasteiger charge is -2.39. The Labute approximate surface area is 110 Å². The van der Waals surface area contributed by atoms with Crippen LogP contribution >= 0.6 is 0 Å². The van der Waals surface area contributed by atoms with Gasteiger partial charge in [-0.2, -0.15) is 0 Å². The Balaban J connectivity index is 0.00000137. The maximum atomic E-state index is 11.9. The third-order valence-corrected chi connectivity index (χ3v) is 2.29. The number of rotatable bonds is 4. The first-order valence-corrected chi connectivity index (χ1v) is 6.68. The third kappa shape index (κ3) is 7.48. The van der Waals surface area contributed by atoms with Crippen LogP contribution in [0.15, 0.2) is 0 Å². The molecule has 0 aromatic carbocycles. The van der Waals surface area contributed by atoms with Crippen LogP contribution in [0.25, 0.3) is 0 Å². The topological polar surface area (TPSA) is 41.6 Å². The molecular formula is C13H27FN2O2. The van der Waals surface area contributed by atoms with E-state index < -0.39 is 5.60 Å². The first-order valence-electron chi connectivity index (χ1n) is 6.68. The van der Waals surface area contributed by atoms with Gasteiger partial charge in [-0.25, -0.2) is 4.79 Å². The minimum absolute atomic E-state index is 0.148. The van der Waals surface area contributed by atoms with Gasteiger partial charge in [-0.15, -0.1) is 0 Å². The zero-order valence-electron chi connectivity index (χ0n) is 12.3. The summed E-state index contributed by atoms with van der Waals surface area (Å²) in [4.78, 5) is 13.5. The van der Waals surface area contributed by atoms with Gasteiger partial charge in [0.25, 0.3) is 0 Å². The number of amides is 1. The van der Waals surface area contributed by atoms with Gasteiger partial charge < -0.3 is 10.1 Å². The summed E-state index contributed by atoms with van der Waals surface area (Å²) >= 11 is 0. The van der Waals surface area contributed by atoms with Gasteiger partial charge >= 0.3 is 6.09 Å². The molecule has 0 atom stereocenters. The smallest absolute Gasteiger partial charge is 0.407 e. The second-order valence-electron chi connectivity index (χ2n) is 5.15. The molecule has 1 N–H and O–H groups in total. The van der Waals surface area contributed by atoms with Crippen LogP contribution in [0.1, 0.15) is 41.0 Å². The number of likely N-dealkylation sites (tertiary alicyclic amines) is 1. The average molecular weight is 262 g/mol. The van der Waals surface area contributed by atoms with Gasteiger partial charge in [0, 0.05) is 19.6 Å². The fourth-order valence-electron chi connectivity index (χ4n) is 1.60. The van der Waals surface area contributed by atoms with Crippen molar-refractivity contribution in [3.05, 3.63) is 0 Å². The van der Waals surface area contributed by atoms with Gasteiger partial charge in [0.05, 0.1) is 12.7 Å². The van der Waals surface area contributed by atoms with Gasteiger partial charge in [0.1, 0.15) is 5.60 Å². The van der Waals surface area contributed by atoms with Crippen molar-refractivity contribution in [2.24, 2.45) is 0 Å². The van der Waals surface area contributed by atoms with Crippen molar-refractivity contribution in [1.82, 2.24) is 10.2 Å². The molecule has 1 amide bonds. The van der Waals surface area contributed by atoms with Crippen LogP contribution in [-0.2, 0) is 4.74 Å². The van der Waals surface area contributed by atoms with Gasteiger partial charge in [0.2, 0.25) is 0 Å². The molecule has 0 spiro atoms. The number of carbonyl (C=O) groups is 1. The van der Waals surface area contributed by atoms with Crippen LogP contribution in [0, 0.1) is 0 Å². The van der Waals surface area contributed by atoms with Crippen LogP contribution in [0.5, 0.6) is 0 Å². The highest BCUT2D eigenvalue weighted by atomic mass is 19.1. The summed E-state index contributed by atoms with van der Waals surface area (Å²) in [6.07, 6.45) is 0.196. The molecular weight excluding hydrogens is 235 g/mol. The molecule has 1 rings (SSSR count). The van der Waals surface area contributed by atoms with Crippen LogP contribution in [0.2, 0.25) is 0 Å². The molecule has 4 nitrogen and oxygen atoms in total. The number of carbonyl (C=O) groups excluding carboxylic acids is 1. The second-order valence-corrected chi connectivity index (χ2v) is 5.15. The first-order chi connectivity index (χ1) is 8.40. The molecule has 1 aliphatic rings. The molecule has 1 fully saturated rings. The van der Waals surface area contributed by atoms with E-state index in [4.69, 9.17) is 4.74 Å². The van der Waals surface area contributed by atoms with Crippen molar-refractivity contribution in [1.29, 1.82) is 0 Å². The van der Waals surface area contributed by atoms with Crippen LogP contribution < -0.4 is 5.32 Å². The molecule has 0 aromatic rings. The first kappa shape index (κ1) is 17.2. The van der Waals surface area contributed by atoms with Crippen molar-refractivity contribution >= 4 is 6.09 Å². The van der Waals surface area contributed by atoms with Crippen LogP contribution in [0.4, 0.5) is 9.18 Å². The van der Waals surface area contributed by atoms with Gasteiger partial charge in [-0.3, -0.25) is 9.29 Å². The van der Waals surface area contributed by atoms with Gasteiger partial charge in [0.15, 0.2) is 0 Å². The van der Waals surface area contributed by atoms with Crippen molar-refractivity contribution < 1.29 is 13.9 Å². The maximum absolute atomic E-state index is 11.9. The van der Waals surface area contributed by atoms with Crippen LogP contribution in [-0.4, -0.2) is 48.9 Å². The number of ether oxygens (including phenoxy) is 1. The number of hydrogen-bond acceptors (Lipinski definition) is 3. The highest BCUT2D eigenvalue weighted by Crippen LogP contribution is 2.11. The second kappa shape index (κ2) is 8.29. The maximum Gasteiger partial charge on any atom is 0.407 e. The summed E-state index contributed by atoms with van der Waals surface area (Å²) in [5.74, 6) is 0. The van der Waals surface area contributed by atoms with E-state index in [1.807, 2.05) is 34.6 Å². The zero-order chi connectivity index (χ0) is 14.2. The van der Waals surface area contributed by atoms with E-state index in [0.29, 0.717) is 6.42 Å². The van der Waals surface area contributed by atoms with Crippen molar-refractivity contribution in [3.63, 3.8) is 0 Å². The number of nitrogens with zero attached hydrogens (tertiary/aromatic N) is 1. The van der Waals surface area contributed by atoms with E-state index in [1.54, 1.807) is 0 Å². The molecule has 0 aromatic heterocycles. The molecule has 0 aliphatic carbocycles. The predicted octanol–water partition coefficient (Wildman–Crippen LogP) is 2.58. The summed E-state index contributed by atoms with van der Waals surface area (Å²) in [5, 5.41) is 2.78. The number of alkyl carbamates (subject to hydrolysis) is 1. The van der Waals surface area contributed by atoms with Gasteiger partial charge in [-0.05, 0) is 27.2 Å². The highest BCUT2D eigenvalue weighted by Gasteiger charge is 2.28. The van der Waals surface area contributed by atoms with Crippen molar-refractivity contribution in [2.75, 3.05) is 26.3 Å². The largest absolute Gasteiger partial charge is 0.444 e. The van der Waals surface area contributed by atoms with E-state index in [2.05, 4.69) is 10.2 Å². The Morgan fingerprint density at radius 3 is 2.39 bits per heavy atom. The van der Waals surface area contributed by atoms with Gasteiger partial charge in [-0.1, -0.05) is 13.8 Å². The Kier molecular flexibility index (Phi) is 7.91. The Morgan fingerprint density at radius 2 is 1.94 bits per heavy atom. The molecule has 1 heterocycles. The zero-order valence-corrected chi connectivity index (χ0v) is 12.3. The monoisotopic (exact) mass is 262 g/mol. The molecule has 0 unspecified atom stereocenters. The fourth-order valence-corrected chi connectivity index (χ4v) is 1.60. The van der Waals surface area contributed by atoms with Crippen molar-refractivity contribution in [3.8, 4) is 0 Å². The minimum Gasteiger partial charge on any atom is -0.444 e. The SMILES string of the molecule is CC.CC(C)(C)OC(=O)NC1CN(CCCF)C1. The van der Waals surface area contributed by atoms with E-state index in [9.17, 15) is 9.18 Å². The molecule has 0 radical (unpaired) electrons. The van der Waals surface area contributed by atoms with E-state index >= 15 is 0 Å².